The first-order valence-corrected chi connectivity index (χ1v) is 6.59. The van der Waals surface area contributed by atoms with Crippen LogP contribution in [-0.4, -0.2) is 46.4 Å². The van der Waals surface area contributed by atoms with Crippen molar-refractivity contribution in [1.29, 1.82) is 0 Å². The Bertz CT molecular complexity index is 469. The van der Waals surface area contributed by atoms with E-state index in [1.165, 1.54) is 6.33 Å². The number of H-pyrrole nitrogens is 1. The highest BCUT2D eigenvalue weighted by molar-refractivity contribution is 5.93. The van der Waals surface area contributed by atoms with Gasteiger partial charge < -0.3 is 14.6 Å². The molecule has 1 atom stereocenters. The van der Waals surface area contributed by atoms with E-state index in [0.717, 1.165) is 18.5 Å². The lowest BCUT2D eigenvalue weighted by atomic mass is 9.98. The van der Waals surface area contributed by atoms with E-state index in [-0.39, 0.29) is 17.8 Å². The van der Waals surface area contributed by atoms with Crippen LogP contribution in [0.15, 0.2) is 6.33 Å². The summed E-state index contributed by atoms with van der Waals surface area (Å²) in [6.45, 7) is 5.07. The van der Waals surface area contributed by atoms with Crippen molar-refractivity contribution in [3.05, 3.63) is 17.7 Å². The third-order valence-corrected chi connectivity index (χ3v) is 3.36. The van der Waals surface area contributed by atoms with Crippen LogP contribution in [0.5, 0.6) is 0 Å². The molecule has 0 aromatic carbocycles. The summed E-state index contributed by atoms with van der Waals surface area (Å²) in [6, 6.07) is 0. The molecule has 1 amide bonds. The van der Waals surface area contributed by atoms with Crippen molar-refractivity contribution in [2.45, 2.75) is 26.7 Å². The highest BCUT2D eigenvalue weighted by atomic mass is 16.5. The van der Waals surface area contributed by atoms with Crippen LogP contribution in [0.1, 0.15) is 35.9 Å². The summed E-state index contributed by atoms with van der Waals surface area (Å²) in [7, 11) is 0. The van der Waals surface area contributed by atoms with Crippen molar-refractivity contribution in [3.63, 3.8) is 0 Å². The SMILES string of the molecule is CCOC(=O)C1CCCN(C(=O)c2nc[nH]c2C)C1. The van der Waals surface area contributed by atoms with E-state index in [9.17, 15) is 9.59 Å². The molecule has 1 aromatic heterocycles. The molecule has 2 heterocycles. The van der Waals surface area contributed by atoms with Crippen LogP contribution in [-0.2, 0) is 9.53 Å². The summed E-state index contributed by atoms with van der Waals surface area (Å²) in [6.07, 6.45) is 3.11. The smallest absolute Gasteiger partial charge is 0.310 e. The van der Waals surface area contributed by atoms with Crippen LogP contribution in [0.2, 0.25) is 0 Å². The van der Waals surface area contributed by atoms with Gasteiger partial charge in [0.15, 0.2) is 0 Å². The molecule has 6 heteroatoms. The maximum absolute atomic E-state index is 12.3. The molecule has 1 N–H and O–H groups in total. The van der Waals surface area contributed by atoms with Crippen molar-refractivity contribution in [3.8, 4) is 0 Å². The Labute approximate surface area is 112 Å². The molecule has 0 radical (unpaired) electrons. The lowest BCUT2D eigenvalue weighted by molar-refractivity contribution is -0.149. The quantitative estimate of drug-likeness (QED) is 0.831. The minimum atomic E-state index is -0.211. The molecule has 1 unspecified atom stereocenters. The molecule has 0 saturated carbocycles. The van der Waals surface area contributed by atoms with E-state index in [1.54, 1.807) is 11.8 Å². The fourth-order valence-electron chi connectivity index (χ4n) is 2.34. The number of aryl methyl sites for hydroxylation is 1. The van der Waals surface area contributed by atoms with Crippen molar-refractivity contribution < 1.29 is 14.3 Å². The minimum Gasteiger partial charge on any atom is -0.466 e. The third kappa shape index (κ3) is 2.94. The van der Waals surface area contributed by atoms with Crippen LogP contribution in [0.3, 0.4) is 0 Å². The molecule has 2 rings (SSSR count). The molecule has 1 fully saturated rings. The standard InChI is InChI=1S/C13H19N3O3/c1-3-19-13(18)10-5-4-6-16(7-10)12(17)11-9(2)14-8-15-11/h8,10H,3-7H2,1-2H3,(H,14,15). The Hall–Kier alpha value is -1.85. The van der Waals surface area contributed by atoms with Gasteiger partial charge in [-0.05, 0) is 26.7 Å². The van der Waals surface area contributed by atoms with Gasteiger partial charge in [-0.25, -0.2) is 4.98 Å². The number of carbonyl (C=O) groups excluding carboxylic acids is 2. The summed E-state index contributed by atoms with van der Waals surface area (Å²) in [5.41, 5.74) is 1.19. The number of nitrogens with one attached hydrogen (secondary N) is 1. The summed E-state index contributed by atoms with van der Waals surface area (Å²) in [5, 5.41) is 0. The van der Waals surface area contributed by atoms with Crippen LogP contribution < -0.4 is 0 Å². The van der Waals surface area contributed by atoms with Gasteiger partial charge in [0.1, 0.15) is 5.69 Å². The number of aromatic nitrogens is 2. The molecule has 0 spiro atoms. The number of esters is 1. The molecular formula is C13H19N3O3. The Morgan fingerprint density at radius 2 is 2.37 bits per heavy atom. The van der Waals surface area contributed by atoms with Gasteiger partial charge >= 0.3 is 5.97 Å². The van der Waals surface area contributed by atoms with Crippen LogP contribution in [0.4, 0.5) is 0 Å². The number of ether oxygens (including phenoxy) is 1. The maximum Gasteiger partial charge on any atom is 0.310 e. The predicted octanol–water partition coefficient (Wildman–Crippen LogP) is 1.13. The number of likely N-dealkylation sites (tertiary alicyclic amines) is 1. The van der Waals surface area contributed by atoms with Crippen molar-refractivity contribution in [1.82, 2.24) is 14.9 Å². The fraction of sp³-hybridized carbons (Fsp3) is 0.615. The van der Waals surface area contributed by atoms with Gasteiger partial charge in [0.25, 0.3) is 5.91 Å². The number of hydrogen-bond donors (Lipinski definition) is 1. The molecule has 0 bridgehead atoms. The summed E-state index contributed by atoms with van der Waals surface area (Å²) in [5.74, 6) is -0.539. The first-order valence-electron chi connectivity index (χ1n) is 6.59. The van der Waals surface area contributed by atoms with E-state index in [2.05, 4.69) is 9.97 Å². The van der Waals surface area contributed by atoms with Crippen LogP contribution >= 0.6 is 0 Å². The Kier molecular flexibility index (Phi) is 4.19. The largest absolute Gasteiger partial charge is 0.466 e. The monoisotopic (exact) mass is 265 g/mol. The van der Waals surface area contributed by atoms with Crippen molar-refractivity contribution >= 4 is 11.9 Å². The van der Waals surface area contributed by atoms with E-state index in [4.69, 9.17) is 4.74 Å². The van der Waals surface area contributed by atoms with Crippen molar-refractivity contribution in [2.75, 3.05) is 19.7 Å². The highest BCUT2D eigenvalue weighted by Gasteiger charge is 2.30. The number of hydrogen-bond acceptors (Lipinski definition) is 4. The molecule has 6 nitrogen and oxygen atoms in total. The van der Waals surface area contributed by atoms with Gasteiger partial charge in [-0.3, -0.25) is 9.59 Å². The van der Waals surface area contributed by atoms with E-state index >= 15 is 0 Å². The van der Waals surface area contributed by atoms with Crippen LogP contribution in [0.25, 0.3) is 0 Å². The van der Waals surface area contributed by atoms with Gasteiger partial charge in [-0.15, -0.1) is 0 Å². The predicted molar refractivity (Wildman–Crippen MR) is 68.6 cm³/mol. The Morgan fingerprint density at radius 3 is 3.00 bits per heavy atom. The van der Waals surface area contributed by atoms with E-state index in [1.807, 2.05) is 6.92 Å². The van der Waals surface area contributed by atoms with Gasteiger partial charge in [0.05, 0.1) is 18.9 Å². The number of amides is 1. The first-order chi connectivity index (χ1) is 9.13. The number of rotatable bonds is 3. The molecule has 1 aromatic rings. The molecule has 0 aliphatic carbocycles. The minimum absolute atomic E-state index is 0.118. The summed E-state index contributed by atoms with van der Waals surface area (Å²) in [4.78, 5) is 32.7. The fourth-order valence-corrected chi connectivity index (χ4v) is 2.34. The average molecular weight is 265 g/mol. The summed E-state index contributed by atoms with van der Waals surface area (Å²) < 4.78 is 5.03. The molecule has 19 heavy (non-hydrogen) atoms. The number of carbonyl (C=O) groups is 2. The molecule has 1 aliphatic rings. The number of imidazole rings is 1. The lowest BCUT2D eigenvalue weighted by Crippen LogP contribution is -2.43. The molecule has 1 saturated heterocycles. The Morgan fingerprint density at radius 1 is 1.58 bits per heavy atom. The van der Waals surface area contributed by atoms with Gasteiger partial charge in [0, 0.05) is 18.8 Å². The zero-order chi connectivity index (χ0) is 13.8. The van der Waals surface area contributed by atoms with Crippen molar-refractivity contribution in [2.24, 2.45) is 5.92 Å². The van der Waals surface area contributed by atoms with Crippen LogP contribution in [0, 0.1) is 12.8 Å². The molecule has 104 valence electrons. The lowest BCUT2D eigenvalue weighted by Gasteiger charge is -2.31. The zero-order valence-corrected chi connectivity index (χ0v) is 11.3. The summed E-state index contributed by atoms with van der Waals surface area (Å²) >= 11 is 0. The normalized spacial score (nSPS) is 19.3. The second kappa shape index (κ2) is 5.86. The number of nitrogens with zero attached hydrogens (tertiary/aromatic N) is 2. The molecule has 1 aliphatic heterocycles. The first kappa shape index (κ1) is 13.6. The Balaban J connectivity index is 2.03. The highest BCUT2D eigenvalue weighted by Crippen LogP contribution is 2.20. The second-order valence-corrected chi connectivity index (χ2v) is 4.72. The van der Waals surface area contributed by atoms with E-state index in [0.29, 0.717) is 25.4 Å². The average Bonchev–Trinajstić information content (AvgIpc) is 2.84. The second-order valence-electron chi connectivity index (χ2n) is 4.72. The topological polar surface area (TPSA) is 75.3 Å². The van der Waals surface area contributed by atoms with Gasteiger partial charge in [-0.2, -0.15) is 0 Å². The maximum atomic E-state index is 12.3. The van der Waals surface area contributed by atoms with E-state index < -0.39 is 0 Å². The number of aromatic amines is 1. The third-order valence-electron chi connectivity index (χ3n) is 3.36. The zero-order valence-electron chi connectivity index (χ0n) is 11.3. The molecular weight excluding hydrogens is 246 g/mol. The number of piperidine rings is 1. The van der Waals surface area contributed by atoms with Gasteiger partial charge in [0.2, 0.25) is 0 Å². The van der Waals surface area contributed by atoms with Gasteiger partial charge in [-0.1, -0.05) is 0 Å².